The summed E-state index contributed by atoms with van der Waals surface area (Å²) in [7, 11) is 1.33. The second-order valence-electron chi connectivity index (χ2n) is 7.62. The number of nitrogens with one attached hydrogen (secondary N) is 1. The van der Waals surface area contributed by atoms with E-state index in [1.54, 1.807) is 30.5 Å². The van der Waals surface area contributed by atoms with Crippen molar-refractivity contribution < 1.29 is 32.2 Å². The van der Waals surface area contributed by atoms with Gasteiger partial charge in [0.15, 0.2) is 0 Å². The van der Waals surface area contributed by atoms with E-state index in [2.05, 4.69) is 15.0 Å². The maximum absolute atomic E-state index is 12.6. The van der Waals surface area contributed by atoms with Crippen LogP contribution >= 0.6 is 0 Å². The molecular weight excluding hydrogens is 461 g/mol. The van der Waals surface area contributed by atoms with Crippen molar-refractivity contribution in [3.63, 3.8) is 0 Å². The molecule has 4 aromatic rings. The Hall–Kier alpha value is -4.27. The van der Waals surface area contributed by atoms with Crippen molar-refractivity contribution in [3.05, 3.63) is 90.1 Å². The minimum atomic E-state index is -4.80. The smallest absolute Gasteiger partial charge is 0.465 e. The minimum Gasteiger partial charge on any atom is -0.465 e. The largest absolute Gasteiger partial charge is 0.573 e. The number of carbonyl (C=O) groups excluding carboxylic acids is 1. The zero-order chi connectivity index (χ0) is 25.0. The summed E-state index contributed by atoms with van der Waals surface area (Å²) >= 11 is 0. The number of pyridine rings is 1. The summed E-state index contributed by atoms with van der Waals surface area (Å²) in [5, 5.41) is 4.84. The second-order valence-corrected chi connectivity index (χ2v) is 7.62. The van der Waals surface area contributed by atoms with Crippen molar-refractivity contribution in [1.82, 2.24) is 4.98 Å². The number of alkyl halides is 3. The summed E-state index contributed by atoms with van der Waals surface area (Å²) in [5.41, 5.74) is 1.35. The first kappa shape index (κ1) is 23.9. The molecule has 6 nitrogen and oxygen atoms in total. The van der Waals surface area contributed by atoms with Gasteiger partial charge in [0.2, 0.25) is 0 Å². The molecule has 0 aliphatic carbocycles. The molecule has 0 aliphatic rings. The fourth-order valence-corrected chi connectivity index (χ4v) is 3.57. The number of aromatic nitrogens is 1. The highest BCUT2D eigenvalue weighted by Crippen LogP contribution is 2.36. The standard InChI is InChI=1S/C26H21F3N2O4/c1-16(17-9-11-19(12-10-17)25(32)33-2)31-24-23-18(13-14-30-24)5-3-8-22(23)34-20-6-4-7-21(15-20)35-26(27,28)29/h3-16H,1-2H3,(H,30,31). The molecule has 0 fully saturated rings. The summed E-state index contributed by atoms with van der Waals surface area (Å²) in [6.45, 7) is 1.94. The Bertz CT molecular complexity index is 1340. The van der Waals surface area contributed by atoms with Gasteiger partial charge in [0.1, 0.15) is 23.1 Å². The molecule has 1 N–H and O–H groups in total. The van der Waals surface area contributed by atoms with Crippen molar-refractivity contribution >= 4 is 22.6 Å². The third-order valence-corrected chi connectivity index (χ3v) is 5.20. The molecule has 0 saturated carbocycles. The number of hydrogen-bond acceptors (Lipinski definition) is 6. The van der Waals surface area contributed by atoms with Crippen LogP contribution in [0.4, 0.5) is 19.0 Å². The van der Waals surface area contributed by atoms with Crippen LogP contribution in [0.3, 0.4) is 0 Å². The highest BCUT2D eigenvalue weighted by Gasteiger charge is 2.31. The van der Waals surface area contributed by atoms with E-state index in [1.165, 1.54) is 31.4 Å². The fourth-order valence-electron chi connectivity index (χ4n) is 3.57. The number of nitrogens with zero attached hydrogens (tertiary/aromatic N) is 1. The molecule has 0 radical (unpaired) electrons. The number of halogens is 3. The van der Waals surface area contributed by atoms with E-state index in [1.807, 2.05) is 31.2 Å². The Morgan fingerprint density at radius 2 is 1.69 bits per heavy atom. The fraction of sp³-hybridized carbons (Fsp3) is 0.154. The molecule has 1 heterocycles. The maximum Gasteiger partial charge on any atom is 0.573 e. The van der Waals surface area contributed by atoms with Crippen molar-refractivity contribution in [2.45, 2.75) is 19.3 Å². The van der Waals surface area contributed by atoms with Gasteiger partial charge in [-0.1, -0.05) is 30.3 Å². The number of rotatable bonds is 7. The normalized spacial score (nSPS) is 12.1. The highest BCUT2D eigenvalue weighted by molar-refractivity contribution is 5.97. The first-order chi connectivity index (χ1) is 16.7. The van der Waals surface area contributed by atoms with Crippen molar-refractivity contribution in [3.8, 4) is 17.2 Å². The van der Waals surface area contributed by atoms with Gasteiger partial charge in [-0.25, -0.2) is 9.78 Å². The van der Waals surface area contributed by atoms with E-state index in [-0.39, 0.29) is 17.5 Å². The number of anilines is 1. The van der Waals surface area contributed by atoms with E-state index < -0.39 is 12.3 Å². The van der Waals surface area contributed by atoms with Gasteiger partial charge < -0.3 is 19.5 Å². The van der Waals surface area contributed by atoms with Crippen LogP contribution in [0.1, 0.15) is 28.9 Å². The summed E-state index contributed by atoms with van der Waals surface area (Å²) in [6, 6.07) is 19.3. The van der Waals surface area contributed by atoms with E-state index in [0.29, 0.717) is 22.5 Å². The zero-order valence-electron chi connectivity index (χ0n) is 18.8. The summed E-state index contributed by atoms with van der Waals surface area (Å²) in [4.78, 5) is 16.1. The first-order valence-corrected chi connectivity index (χ1v) is 10.6. The molecule has 3 aromatic carbocycles. The highest BCUT2D eigenvalue weighted by atomic mass is 19.4. The van der Waals surface area contributed by atoms with Gasteiger partial charge >= 0.3 is 12.3 Å². The predicted molar refractivity (Wildman–Crippen MR) is 125 cm³/mol. The number of fused-ring (bicyclic) bond motifs is 1. The van der Waals surface area contributed by atoms with E-state index in [0.717, 1.165) is 10.9 Å². The lowest BCUT2D eigenvalue weighted by Crippen LogP contribution is -2.17. The van der Waals surface area contributed by atoms with Crippen LogP contribution < -0.4 is 14.8 Å². The van der Waals surface area contributed by atoms with Crippen LogP contribution in [-0.4, -0.2) is 24.4 Å². The third kappa shape index (κ3) is 5.81. The van der Waals surface area contributed by atoms with Gasteiger partial charge in [-0.05, 0) is 54.3 Å². The lowest BCUT2D eigenvalue weighted by molar-refractivity contribution is -0.274. The number of carbonyl (C=O) groups is 1. The molecule has 9 heteroatoms. The van der Waals surface area contributed by atoms with Gasteiger partial charge in [0.25, 0.3) is 0 Å². The van der Waals surface area contributed by atoms with Gasteiger partial charge in [-0.2, -0.15) is 0 Å². The monoisotopic (exact) mass is 482 g/mol. The molecule has 35 heavy (non-hydrogen) atoms. The number of ether oxygens (including phenoxy) is 3. The molecule has 0 saturated heterocycles. The molecule has 0 spiro atoms. The predicted octanol–water partition coefficient (Wildman–Crippen LogP) is 6.89. The van der Waals surface area contributed by atoms with E-state index in [4.69, 9.17) is 9.47 Å². The van der Waals surface area contributed by atoms with Gasteiger partial charge in [-0.3, -0.25) is 0 Å². The van der Waals surface area contributed by atoms with Crippen molar-refractivity contribution in [2.75, 3.05) is 12.4 Å². The molecule has 1 atom stereocenters. The molecule has 1 unspecified atom stereocenters. The van der Waals surface area contributed by atoms with Crippen LogP contribution in [-0.2, 0) is 4.74 Å². The molecule has 4 rings (SSSR count). The van der Waals surface area contributed by atoms with E-state index >= 15 is 0 Å². The lowest BCUT2D eigenvalue weighted by atomic mass is 10.1. The third-order valence-electron chi connectivity index (χ3n) is 5.20. The second kappa shape index (κ2) is 9.92. The first-order valence-electron chi connectivity index (χ1n) is 10.6. The topological polar surface area (TPSA) is 69.7 Å². The molecule has 180 valence electrons. The van der Waals surface area contributed by atoms with Crippen LogP contribution in [0.15, 0.2) is 79.0 Å². The van der Waals surface area contributed by atoms with Crippen LogP contribution in [0.2, 0.25) is 0 Å². The number of benzene rings is 3. The number of methoxy groups -OCH3 is 1. The van der Waals surface area contributed by atoms with Crippen LogP contribution in [0.5, 0.6) is 17.2 Å². The Kier molecular flexibility index (Phi) is 6.77. The summed E-state index contributed by atoms with van der Waals surface area (Å²) in [6.07, 6.45) is -3.15. The quantitative estimate of drug-likeness (QED) is 0.290. The minimum absolute atomic E-state index is 0.181. The van der Waals surface area contributed by atoms with Crippen LogP contribution in [0, 0.1) is 0 Å². The average molecular weight is 482 g/mol. The lowest BCUT2D eigenvalue weighted by Gasteiger charge is -2.18. The maximum atomic E-state index is 12.6. The molecule has 0 bridgehead atoms. The number of hydrogen-bond donors (Lipinski definition) is 1. The summed E-state index contributed by atoms with van der Waals surface area (Å²) in [5.74, 6) is 0.330. The SMILES string of the molecule is COC(=O)c1ccc(C(C)Nc2nccc3cccc(Oc4cccc(OC(F)(F)F)c4)c23)cc1. The average Bonchev–Trinajstić information content (AvgIpc) is 2.83. The molecular formula is C26H21F3N2O4. The molecule has 1 aromatic heterocycles. The van der Waals surface area contributed by atoms with Crippen LogP contribution in [0.25, 0.3) is 10.8 Å². The molecule has 0 amide bonds. The Morgan fingerprint density at radius 1 is 0.971 bits per heavy atom. The zero-order valence-corrected chi connectivity index (χ0v) is 18.8. The van der Waals surface area contributed by atoms with E-state index in [9.17, 15) is 18.0 Å². The van der Waals surface area contributed by atoms with Crippen molar-refractivity contribution in [2.24, 2.45) is 0 Å². The number of esters is 1. The van der Waals surface area contributed by atoms with Gasteiger partial charge in [-0.15, -0.1) is 13.2 Å². The van der Waals surface area contributed by atoms with Gasteiger partial charge in [0.05, 0.1) is 18.1 Å². The Morgan fingerprint density at radius 3 is 2.40 bits per heavy atom. The molecule has 0 aliphatic heterocycles. The Balaban J connectivity index is 1.62. The summed E-state index contributed by atoms with van der Waals surface area (Å²) < 4.78 is 52.5. The van der Waals surface area contributed by atoms with Crippen molar-refractivity contribution in [1.29, 1.82) is 0 Å². The Labute approximate surface area is 199 Å². The van der Waals surface area contributed by atoms with Gasteiger partial charge in [0, 0.05) is 18.3 Å².